The molecule has 2 rings (SSSR count). The average Bonchev–Trinajstić information content (AvgIpc) is 2.37. The highest BCUT2D eigenvalue weighted by Gasteiger charge is 2.38. The van der Waals surface area contributed by atoms with E-state index < -0.39 is 23.5 Å². The Labute approximate surface area is 129 Å². The molecule has 1 aliphatic rings. The van der Waals surface area contributed by atoms with Crippen LogP contribution >= 0.6 is 11.8 Å². The van der Waals surface area contributed by atoms with Gasteiger partial charge in [0, 0.05) is 24.9 Å². The van der Waals surface area contributed by atoms with Gasteiger partial charge < -0.3 is 14.8 Å². The number of benzene rings is 1. The van der Waals surface area contributed by atoms with Crippen LogP contribution in [0.4, 0.5) is 14.5 Å². The highest BCUT2D eigenvalue weighted by atomic mass is 32.2. The molecule has 0 spiro atoms. The van der Waals surface area contributed by atoms with Gasteiger partial charge >= 0.3 is 11.9 Å². The summed E-state index contributed by atoms with van der Waals surface area (Å²) in [6, 6.07) is 6.29. The second-order valence-corrected chi connectivity index (χ2v) is 5.79. The third kappa shape index (κ3) is 3.97. The molecule has 118 valence electrons. The molecular formula is C14H13F2NO4S. The van der Waals surface area contributed by atoms with Crippen molar-refractivity contribution in [2.45, 2.75) is 30.3 Å². The number of nitrogens with one attached hydrogen (secondary N) is 1. The molecule has 1 N–H and O–H groups in total. The van der Waals surface area contributed by atoms with E-state index in [2.05, 4.69) is 5.32 Å². The van der Waals surface area contributed by atoms with Crippen LogP contribution in [0.15, 0.2) is 40.9 Å². The molecule has 0 atom stereocenters. The fourth-order valence-corrected chi connectivity index (χ4v) is 2.32. The summed E-state index contributed by atoms with van der Waals surface area (Å²) in [6.07, 6.45) is 1.09. The SMILES string of the molecule is CC1(C)OC(=O)C(=CNc2ccccc2SC(F)F)C(=O)O1. The number of para-hydroxylation sites is 1. The molecule has 1 saturated heterocycles. The Kier molecular flexibility index (Phi) is 4.70. The Balaban J connectivity index is 2.18. The first-order valence-electron chi connectivity index (χ1n) is 6.26. The van der Waals surface area contributed by atoms with E-state index in [-0.39, 0.29) is 10.5 Å². The molecule has 1 aromatic rings. The van der Waals surface area contributed by atoms with Crippen LogP contribution in [-0.2, 0) is 19.1 Å². The highest BCUT2D eigenvalue weighted by molar-refractivity contribution is 7.99. The zero-order chi connectivity index (χ0) is 16.3. The van der Waals surface area contributed by atoms with Crippen LogP contribution in [0.2, 0.25) is 0 Å². The Morgan fingerprint density at radius 2 is 1.77 bits per heavy atom. The van der Waals surface area contributed by atoms with E-state index in [9.17, 15) is 18.4 Å². The van der Waals surface area contributed by atoms with Gasteiger partial charge in [-0.05, 0) is 12.1 Å². The minimum Gasteiger partial charge on any atom is -0.419 e. The van der Waals surface area contributed by atoms with Crippen molar-refractivity contribution in [3.63, 3.8) is 0 Å². The molecule has 0 bridgehead atoms. The fraction of sp³-hybridized carbons (Fsp3) is 0.286. The molecule has 0 amide bonds. The molecule has 22 heavy (non-hydrogen) atoms. The number of carbonyl (C=O) groups is 2. The van der Waals surface area contributed by atoms with Gasteiger partial charge in [-0.2, -0.15) is 8.78 Å². The van der Waals surface area contributed by atoms with Gasteiger partial charge in [0.05, 0.1) is 5.69 Å². The molecule has 5 nitrogen and oxygen atoms in total. The molecule has 1 aromatic carbocycles. The Bertz CT molecular complexity index is 609. The number of hydrogen-bond donors (Lipinski definition) is 1. The molecule has 0 aromatic heterocycles. The Morgan fingerprint density at radius 1 is 1.18 bits per heavy atom. The second kappa shape index (κ2) is 6.35. The van der Waals surface area contributed by atoms with E-state index in [0.717, 1.165) is 6.20 Å². The lowest BCUT2D eigenvalue weighted by Crippen LogP contribution is -2.42. The number of anilines is 1. The summed E-state index contributed by atoms with van der Waals surface area (Å²) in [6.45, 7) is 2.86. The summed E-state index contributed by atoms with van der Waals surface area (Å²) in [4.78, 5) is 23.8. The van der Waals surface area contributed by atoms with Crippen molar-refractivity contribution in [3.8, 4) is 0 Å². The van der Waals surface area contributed by atoms with Gasteiger partial charge in [-0.15, -0.1) is 0 Å². The number of esters is 2. The summed E-state index contributed by atoms with van der Waals surface area (Å²) in [5.74, 6) is -5.59. The zero-order valence-electron chi connectivity index (χ0n) is 11.8. The number of cyclic esters (lactones) is 2. The lowest BCUT2D eigenvalue weighted by Gasteiger charge is -2.29. The molecule has 8 heteroatoms. The zero-order valence-corrected chi connectivity index (χ0v) is 12.6. The van der Waals surface area contributed by atoms with Crippen LogP contribution < -0.4 is 5.32 Å². The topological polar surface area (TPSA) is 64.6 Å². The van der Waals surface area contributed by atoms with Gasteiger partial charge in [-0.1, -0.05) is 23.9 Å². The summed E-state index contributed by atoms with van der Waals surface area (Å²) in [5.41, 5.74) is 0.00177. The van der Waals surface area contributed by atoms with Crippen molar-refractivity contribution in [1.29, 1.82) is 0 Å². The van der Waals surface area contributed by atoms with Crippen molar-refractivity contribution in [1.82, 2.24) is 0 Å². The molecule has 1 heterocycles. The average molecular weight is 329 g/mol. The lowest BCUT2D eigenvalue weighted by molar-refractivity contribution is -0.222. The normalized spacial score (nSPS) is 17.0. The lowest BCUT2D eigenvalue weighted by atomic mass is 10.2. The number of alkyl halides is 2. The number of thioether (sulfide) groups is 1. The van der Waals surface area contributed by atoms with E-state index in [1.165, 1.54) is 19.9 Å². The van der Waals surface area contributed by atoms with Crippen molar-refractivity contribution < 1.29 is 27.8 Å². The van der Waals surface area contributed by atoms with Crippen LogP contribution in [-0.4, -0.2) is 23.5 Å². The van der Waals surface area contributed by atoms with Gasteiger partial charge in [0.15, 0.2) is 5.57 Å². The van der Waals surface area contributed by atoms with Crippen molar-refractivity contribution in [2.75, 3.05) is 5.32 Å². The number of carbonyl (C=O) groups excluding carboxylic acids is 2. The minimum absolute atomic E-state index is 0.284. The number of ether oxygens (including phenoxy) is 2. The Morgan fingerprint density at radius 3 is 2.36 bits per heavy atom. The third-order valence-corrected chi connectivity index (χ3v) is 3.38. The maximum absolute atomic E-state index is 12.5. The maximum atomic E-state index is 12.5. The van der Waals surface area contributed by atoms with E-state index in [4.69, 9.17) is 9.47 Å². The van der Waals surface area contributed by atoms with Gasteiger partial charge in [0.1, 0.15) is 0 Å². The first-order chi connectivity index (χ1) is 10.3. The predicted molar refractivity (Wildman–Crippen MR) is 76.3 cm³/mol. The minimum atomic E-state index is -2.58. The monoisotopic (exact) mass is 329 g/mol. The standard InChI is InChI=1S/C14H13F2NO4S/c1-14(2)20-11(18)8(12(19)21-14)7-17-9-5-3-4-6-10(9)22-13(15)16/h3-7,13,17H,1-2H3. The molecule has 1 aliphatic heterocycles. The fourth-order valence-electron chi connectivity index (χ4n) is 1.71. The van der Waals surface area contributed by atoms with E-state index in [0.29, 0.717) is 17.4 Å². The van der Waals surface area contributed by atoms with Crippen LogP contribution in [0.25, 0.3) is 0 Å². The van der Waals surface area contributed by atoms with E-state index >= 15 is 0 Å². The number of halogens is 2. The summed E-state index contributed by atoms with van der Waals surface area (Å²) >= 11 is 0.356. The van der Waals surface area contributed by atoms with E-state index in [1.54, 1.807) is 18.2 Å². The van der Waals surface area contributed by atoms with Gasteiger partial charge in [-0.25, -0.2) is 9.59 Å². The first-order valence-corrected chi connectivity index (χ1v) is 7.14. The molecule has 0 unspecified atom stereocenters. The van der Waals surface area contributed by atoms with Crippen molar-refractivity contribution in [2.24, 2.45) is 0 Å². The van der Waals surface area contributed by atoms with Gasteiger partial charge in [0.25, 0.3) is 11.5 Å². The van der Waals surface area contributed by atoms with Crippen LogP contribution in [0.5, 0.6) is 0 Å². The summed E-state index contributed by atoms with van der Waals surface area (Å²) in [7, 11) is 0. The molecule has 0 radical (unpaired) electrons. The van der Waals surface area contributed by atoms with Crippen LogP contribution in [0.3, 0.4) is 0 Å². The molecular weight excluding hydrogens is 316 g/mol. The third-order valence-electron chi connectivity index (χ3n) is 2.59. The maximum Gasteiger partial charge on any atom is 0.350 e. The quantitative estimate of drug-likeness (QED) is 0.396. The van der Waals surface area contributed by atoms with Gasteiger partial charge in [-0.3, -0.25) is 0 Å². The first kappa shape index (κ1) is 16.3. The highest BCUT2D eigenvalue weighted by Crippen LogP contribution is 2.32. The molecule has 1 fully saturated rings. The summed E-state index contributed by atoms with van der Waals surface area (Å²) in [5, 5.41) is 2.66. The predicted octanol–water partition coefficient (Wildman–Crippen LogP) is 3.13. The largest absolute Gasteiger partial charge is 0.419 e. The van der Waals surface area contributed by atoms with Crippen LogP contribution in [0, 0.1) is 0 Å². The number of rotatable bonds is 4. The smallest absolute Gasteiger partial charge is 0.350 e. The van der Waals surface area contributed by atoms with Crippen LogP contribution in [0.1, 0.15) is 13.8 Å². The van der Waals surface area contributed by atoms with Gasteiger partial charge in [0.2, 0.25) is 0 Å². The molecule has 0 saturated carbocycles. The van der Waals surface area contributed by atoms with E-state index in [1.807, 2.05) is 0 Å². The summed E-state index contributed by atoms with van der Waals surface area (Å²) < 4.78 is 34.8. The number of hydrogen-bond acceptors (Lipinski definition) is 6. The van der Waals surface area contributed by atoms with Crippen molar-refractivity contribution >= 4 is 29.4 Å². The second-order valence-electron chi connectivity index (χ2n) is 4.76. The molecule has 0 aliphatic carbocycles. The Hall–Kier alpha value is -2.09. The van der Waals surface area contributed by atoms with Crippen molar-refractivity contribution in [3.05, 3.63) is 36.0 Å².